The zero-order valence-corrected chi connectivity index (χ0v) is 14.4. The van der Waals surface area contributed by atoms with Crippen LogP contribution in [0.15, 0.2) is 46.0 Å². The maximum Gasteiger partial charge on any atom is 0.257 e. The summed E-state index contributed by atoms with van der Waals surface area (Å²) in [4.78, 5) is 16.3. The number of rotatable bonds is 4. The van der Waals surface area contributed by atoms with E-state index in [9.17, 15) is 4.79 Å². The fourth-order valence-corrected chi connectivity index (χ4v) is 2.95. The molecule has 3 aromatic rings. The molecular weight excluding hydrogens is 369 g/mol. The van der Waals surface area contributed by atoms with Crippen molar-refractivity contribution in [3.8, 4) is 6.07 Å². The van der Waals surface area contributed by atoms with Gasteiger partial charge in [-0.3, -0.25) is 4.79 Å². The third kappa shape index (κ3) is 3.82. The second kappa shape index (κ2) is 7.14. The minimum atomic E-state index is -0.293. The van der Waals surface area contributed by atoms with Crippen LogP contribution in [0.5, 0.6) is 0 Å². The lowest BCUT2D eigenvalue weighted by Gasteiger charge is -2.06. The summed E-state index contributed by atoms with van der Waals surface area (Å²) >= 11 is 12.9. The topological polar surface area (TPSA) is 78.9 Å². The molecule has 0 saturated heterocycles. The Bertz CT molecular complexity index is 966. The van der Waals surface area contributed by atoms with Crippen LogP contribution in [0.1, 0.15) is 5.56 Å². The van der Waals surface area contributed by atoms with Gasteiger partial charge >= 0.3 is 0 Å². The predicted octanol–water partition coefficient (Wildman–Crippen LogP) is 4.74. The number of hydrogen-bond acceptors (Lipinski definition) is 5. The Hall–Kier alpha value is -2.20. The fraction of sp³-hybridized carbons (Fsp3) is 0.0625. The number of thioether (sulfide) groups is 1. The number of hydrogen-bond donors (Lipinski definition) is 1. The highest BCUT2D eigenvalue weighted by Gasteiger charge is 2.12. The summed E-state index contributed by atoms with van der Waals surface area (Å²) in [6, 6.07) is 11.8. The van der Waals surface area contributed by atoms with Crippen LogP contribution < -0.4 is 5.32 Å². The average Bonchev–Trinajstić information content (AvgIpc) is 2.95. The summed E-state index contributed by atoms with van der Waals surface area (Å²) in [6.45, 7) is 0. The summed E-state index contributed by atoms with van der Waals surface area (Å²) in [5.41, 5.74) is 1.95. The number of nitriles is 1. The number of aromatic nitrogens is 1. The number of carbonyl (C=O) groups excluding carboxylic acids is 1. The number of halogens is 2. The first-order valence-corrected chi connectivity index (χ1v) is 8.48. The van der Waals surface area contributed by atoms with Crippen molar-refractivity contribution >= 4 is 57.7 Å². The summed E-state index contributed by atoms with van der Waals surface area (Å²) in [5, 5.41) is 13.1. The minimum Gasteiger partial charge on any atom is -0.431 e. The molecule has 0 bridgehead atoms. The SMILES string of the molecule is N#Cc1ccc(Cl)cc1NC(=O)CSc1nc2cc(Cl)ccc2o1. The Morgan fingerprint density at radius 3 is 2.79 bits per heavy atom. The molecule has 3 rings (SSSR count). The van der Waals surface area contributed by atoms with E-state index in [4.69, 9.17) is 32.9 Å². The summed E-state index contributed by atoms with van der Waals surface area (Å²) in [7, 11) is 0. The standard InChI is InChI=1S/C16H9Cl2N3O2S/c17-10-2-1-9(7-19)12(5-10)20-15(22)8-24-16-21-13-6-11(18)3-4-14(13)23-16/h1-6H,8H2,(H,20,22). The molecule has 5 nitrogen and oxygen atoms in total. The molecule has 1 N–H and O–H groups in total. The summed E-state index contributed by atoms with van der Waals surface area (Å²) in [6.07, 6.45) is 0. The molecule has 120 valence electrons. The van der Waals surface area contributed by atoms with Gasteiger partial charge < -0.3 is 9.73 Å². The first kappa shape index (κ1) is 16.7. The van der Waals surface area contributed by atoms with Gasteiger partial charge in [0, 0.05) is 10.0 Å². The Morgan fingerprint density at radius 2 is 2.00 bits per heavy atom. The van der Waals surface area contributed by atoms with Crippen molar-refractivity contribution in [2.75, 3.05) is 11.1 Å². The van der Waals surface area contributed by atoms with Gasteiger partial charge in [0.2, 0.25) is 5.91 Å². The van der Waals surface area contributed by atoms with Crippen molar-refractivity contribution in [1.29, 1.82) is 5.26 Å². The second-order valence-corrected chi connectivity index (χ2v) is 6.53. The average molecular weight is 378 g/mol. The number of nitrogens with one attached hydrogen (secondary N) is 1. The number of nitrogens with zero attached hydrogens (tertiary/aromatic N) is 2. The molecule has 0 aliphatic carbocycles. The van der Waals surface area contributed by atoms with Crippen LogP contribution in [0.3, 0.4) is 0 Å². The first-order valence-electron chi connectivity index (χ1n) is 6.73. The van der Waals surface area contributed by atoms with Gasteiger partial charge in [0.1, 0.15) is 11.6 Å². The van der Waals surface area contributed by atoms with E-state index in [1.54, 1.807) is 30.3 Å². The molecule has 24 heavy (non-hydrogen) atoms. The van der Waals surface area contributed by atoms with E-state index in [2.05, 4.69) is 10.3 Å². The quantitative estimate of drug-likeness (QED) is 0.664. The molecule has 0 saturated carbocycles. The normalized spacial score (nSPS) is 10.5. The van der Waals surface area contributed by atoms with E-state index in [0.717, 1.165) is 11.8 Å². The maximum atomic E-state index is 12.1. The van der Waals surface area contributed by atoms with Crippen LogP contribution in [-0.2, 0) is 4.79 Å². The van der Waals surface area contributed by atoms with Gasteiger partial charge in [-0.25, -0.2) is 4.98 Å². The number of carbonyl (C=O) groups is 1. The monoisotopic (exact) mass is 377 g/mol. The summed E-state index contributed by atoms with van der Waals surface area (Å²) < 4.78 is 5.53. The molecular formula is C16H9Cl2N3O2S. The molecule has 8 heteroatoms. The maximum absolute atomic E-state index is 12.1. The lowest BCUT2D eigenvalue weighted by Crippen LogP contribution is -2.14. The molecule has 0 spiro atoms. The van der Waals surface area contributed by atoms with Gasteiger partial charge in [0.05, 0.1) is 17.0 Å². The number of amides is 1. The van der Waals surface area contributed by atoms with Crippen molar-refractivity contribution < 1.29 is 9.21 Å². The first-order chi connectivity index (χ1) is 11.5. The van der Waals surface area contributed by atoms with E-state index in [1.807, 2.05) is 6.07 Å². The molecule has 0 aliphatic heterocycles. The van der Waals surface area contributed by atoms with Crippen molar-refractivity contribution in [1.82, 2.24) is 4.98 Å². The predicted molar refractivity (Wildman–Crippen MR) is 94.5 cm³/mol. The van der Waals surface area contributed by atoms with E-state index in [0.29, 0.717) is 37.6 Å². The highest BCUT2D eigenvalue weighted by Crippen LogP contribution is 2.26. The molecule has 1 amide bonds. The third-order valence-electron chi connectivity index (χ3n) is 3.03. The lowest BCUT2D eigenvalue weighted by atomic mass is 10.2. The van der Waals surface area contributed by atoms with Gasteiger partial charge in [-0.1, -0.05) is 35.0 Å². The van der Waals surface area contributed by atoms with Crippen molar-refractivity contribution in [3.63, 3.8) is 0 Å². The van der Waals surface area contributed by atoms with Crippen LogP contribution in [-0.4, -0.2) is 16.6 Å². The van der Waals surface area contributed by atoms with E-state index < -0.39 is 0 Å². The van der Waals surface area contributed by atoms with E-state index >= 15 is 0 Å². The van der Waals surface area contributed by atoms with Crippen LogP contribution >= 0.6 is 35.0 Å². The van der Waals surface area contributed by atoms with Gasteiger partial charge in [-0.05, 0) is 36.4 Å². The molecule has 0 unspecified atom stereocenters. The molecule has 2 aromatic carbocycles. The summed E-state index contributed by atoms with van der Waals surface area (Å²) in [5.74, 6) is -0.211. The minimum absolute atomic E-state index is 0.0813. The molecule has 0 fully saturated rings. The lowest BCUT2D eigenvalue weighted by molar-refractivity contribution is -0.113. The number of anilines is 1. The molecule has 0 aliphatic rings. The highest BCUT2D eigenvalue weighted by atomic mass is 35.5. The van der Waals surface area contributed by atoms with Gasteiger partial charge in [0.25, 0.3) is 5.22 Å². The molecule has 0 atom stereocenters. The Labute approximate surface area is 151 Å². The third-order valence-corrected chi connectivity index (χ3v) is 4.33. The Kier molecular flexibility index (Phi) is 4.95. The zero-order valence-electron chi connectivity index (χ0n) is 12.0. The smallest absolute Gasteiger partial charge is 0.257 e. The molecule has 0 radical (unpaired) electrons. The van der Waals surface area contributed by atoms with E-state index in [-0.39, 0.29) is 11.7 Å². The van der Waals surface area contributed by atoms with E-state index in [1.165, 1.54) is 6.07 Å². The van der Waals surface area contributed by atoms with Gasteiger partial charge in [0.15, 0.2) is 5.58 Å². The zero-order chi connectivity index (χ0) is 17.1. The van der Waals surface area contributed by atoms with Crippen LogP contribution in [0.4, 0.5) is 5.69 Å². The van der Waals surface area contributed by atoms with Crippen LogP contribution in [0, 0.1) is 11.3 Å². The Balaban J connectivity index is 1.67. The Morgan fingerprint density at radius 1 is 1.25 bits per heavy atom. The number of oxazole rings is 1. The number of benzene rings is 2. The fourth-order valence-electron chi connectivity index (χ4n) is 1.97. The van der Waals surface area contributed by atoms with Crippen LogP contribution in [0.25, 0.3) is 11.1 Å². The van der Waals surface area contributed by atoms with Gasteiger partial charge in [-0.15, -0.1) is 0 Å². The largest absolute Gasteiger partial charge is 0.431 e. The number of fused-ring (bicyclic) bond motifs is 1. The van der Waals surface area contributed by atoms with Gasteiger partial charge in [-0.2, -0.15) is 5.26 Å². The second-order valence-electron chi connectivity index (χ2n) is 4.73. The molecule has 1 heterocycles. The van der Waals surface area contributed by atoms with Crippen LogP contribution in [0.2, 0.25) is 10.0 Å². The van der Waals surface area contributed by atoms with Crippen molar-refractivity contribution in [2.45, 2.75) is 5.22 Å². The highest BCUT2D eigenvalue weighted by molar-refractivity contribution is 7.99. The van der Waals surface area contributed by atoms with Crippen molar-refractivity contribution in [2.24, 2.45) is 0 Å². The molecule has 1 aromatic heterocycles. The van der Waals surface area contributed by atoms with Crippen molar-refractivity contribution in [3.05, 3.63) is 52.0 Å².